The molecule has 0 aliphatic rings. The number of likely N-dealkylation sites (N-methyl/N-ethyl adjacent to an activating group) is 1. The van der Waals surface area contributed by atoms with Gasteiger partial charge in [0.1, 0.15) is 6.54 Å². The van der Waals surface area contributed by atoms with Crippen LogP contribution in [0.5, 0.6) is 0 Å². The number of hydrogen-bond donors (Lipinski definition) is 2. The van der Waals surface area contributed by atoms with Gasteiger partial charge in [-0.05, 0) is 43.5 Å². The Labute approximate surface area is 208 Å². The summed E-state index contributed by atoms with van der Waals surface area (Å²) in [5.74, 6) is 0.555. The summed E-state index contributed by atoms with van der Waals surface area (Å²) < 4.78 is 23.1. The van der Waals surface area contributed by atoms with Gasteiger partial charge in [-0.25, -0.2) is 13.4 Å². The van der Waals surface area contributed by atoms with Crippen LogP contribution in [-0.4, -0.2) is 57.6 Å². The molecule has 32 heavy (non-hydrogen) atoms. The average molecular weight is 573 g/mol. The molecule has 0 heterocycles. The summed E-state index contributed by atoms with van der Waals surface area (Å²) in [6.45, 7) is 6.49. The standard InChI is InChI=1S/C23H32N4O3S.HI/c1-4-24-23(25-16-15-19-11-13-21(14-12-19)31(3,29)30)26-17-22(28)27(5-2)18-20-9-7-6-8-10-20;/h6-14H,4-5,15-18H2,1-3H3,(H2,24,25,26);1H. The molecule has 0 atom stereocenters. The maximum Gasteiger partial charge on any atom is 0.244 e. The van der Waals surface area contributed by atoms with E-state index >= 15 is 0 Å². The zero-order chi connectivity index (χ0) is 22.7. The first-order valence-corrected chi connectivity index (χ1v) is 12.4. The van der Waals surface area contributed by atoms with E-state index in [0.717, 1.165) is 11.1 Å². The Morgan fingerprint density at radius 1 is 0.969 bits per heavy atom. The number of benzene rings is 2. The summed E-state index contributed by atoms with van der Waals surface area (Å²) in [5.41, 5.74) is 2.11. The number of hydrogen-bond acceptors (Lipinski definition) is 4. The van der Waals surface area contributed by atoms with Crippen LogP contribution in [0.1, 0.15) is 25.0 Å². The lowest BCUT2D eigenvalue weighted by molar-refractivity contribution is -0.130. The van der Waals surface area contributed by atoms with Crippen molar-refractivity contribution in [2.45, 2.75) is 31.7 Å². The smallest absolute Gasteiger partial charge is 0.244 e. The number of carbonyl (C=O) groups excluding carboxylic acids is 1. The fourth-order valence-electron chi connectivity index (χ4n) is 3.00. The van der Waals surface area contributed by atoms with Crippen molar-refractivity contribution in [2.24, 2.45) is 4.99 Å². The number of aliphatic imine (C=N–C) groups is 1. The molecular formula is C23H33IN4O3S. The topological polar surface area (TPSA) is 90.9 Å². The van der Waals surface area contributed by atoms with Gasteiger partial charge in [-0.1, -0.05) is 42.5 Å². The molecule has 2 aromatic rings. The number of nitrogens with zero attached hydrogens (tertiary/aromatic N) is 2. The minimum Gasteiger partial charge on any atom is -0.357 e. The molecule has 2 aromatic carbocycles. The fraction of sp³-hybridized carbons (Fsp3) is 0.391. The van der Waals surface area contributed by atoms with Crippen LogP contribution in [0, 0.1) is 0 Å². The zero-order valence-electron chi connectivity index (χ0n) is 18.9. The maximum atomic E-state index is 12.6. The Morgan fingerprint density at radius 3 is 2.19 bits per heavy atom. The monoisotopic (exact) mass is 572 g/mol. The lowest BCUT2D eigenvalue weighted by atomic mass is 10.1. The van der Waals surface area contributed by atoms with E-state index in [4.69, 9.17) is 0 Å². The van der Waals surface area contributed by atoms with Crippen LogP contribution in [0.25, 0.3) is 0 Å². The molecule has 0 fully saturated rings. The number of rotatable bonds is 10. The molecule has 0 unspecified atom stereocenters. The Bertz CT molecular complexity index is 964. The van der Waals surface area contributed by atoms with Crippen LogP contribution in [0.2, 0.25) is 0 Å². The molecule has 9 heteroatoms. The number of amides is 1. The van der Waals surface area contributed by atoms with E-state index in [1.807, 2.05) is 56.3 Å². The highest BCUT2D eigenvalue weighted by Gasteiger charge is 2.12. The molecule has 0 saturated carbocycles. The van der Waals surface area contributed by atoms with Crippen molar-refractivity contribution >= 4 is 45.7 Å². The second-order valence-corrected chi connectivity index (χ2v) is 9.20. The van der Waals surface area contributed by atoms with Gasteiger partial charge in [-0.2, -0.15) is 0 Å². The predicted octanol–water partition coefficient (Wildman–Crippen LogP) is 2.85. The first-order chi connectivity index (χ1) is 14.8. The molecule has 0 radical (unpaired) electrons. The second-order valence-electron chi connectivity index (χ2n) is 7.18. The van der Waals surface area contributed by atoms with Gasteiger partial charge in [-0.3, -0.25) is 4.79 Å². The lowest BCUT2D eigenvalue weighted by Gasteiger charge is -2.20. The van der Waals surface area contributed by atoms with Crippen LogP contribution in [0.4, 0.5) is 0 Å². The Hall–Kier alpha value is -2.14. The lowest BCUT2D eigenvalue weighted by Crippen LogP contribution is -2.40. The molecule has 0 aliphatic heterocycles. The quantitative estimate of drug-likeness (QED) is 0.260. The first-order valence-electron chi connectivity index (χ1n) is 10.5. The van der Waals surface area contributed by atoms with Crippen LogP contribution in [0.3, 0.4) is 0 Å². The summed E-state index contributed by atoms with van der Waals surface area (Å²) in [5, 5.41) is 6.37. The van der Waals surface area contributed by atoms with E-state index in [2.05, 4.69) is 15.6 Å². The van der Waals surface area contributed by atoms with Crippen LogP contribution in [0.15, 0.2) is 64.5 Å². The Morgan fingerprint density at radius 2 is 1.62 bits per heavy atom. The van der Waals surface area contributed by atoms with Crippen molar-refractivity contribution in [2.75, 3.05) is 32.4 Å². The zero-order valence-corrected chi connectivity index (χ0v) is 22.0. The van der Waals surface area contributed by atoms with E-state index in [1.165, 1.54) is 6.26 Å². The number of nitrogens with one attached hydrogen (secondary N) is 2. The van der Waals surface area contributed by atoms with E-state index in [0.29, 0.717) is 43.5 Å². The largest absolute Gasteiger partial charge is 0.357 e. The summed E-state index contributed by atoms with van der Waals surface area (Å²) in [4.78, 5) is 19.1. The molecule has 1 amide bonds. The van der Waals surface area contributed by atoms with Gasteiger partial charge in [0.15, 0.2) is 15.8 Å². The number of halogens is 1. The van der Waals surface area contributed by atoms with Crippen LogP contribution < -0.4 is 10.6 Å². The van der Waals surface area contributed by atoms with Gasteiger partial charge < -0.3 is 15.5 Å². The van der Waals surface area contributed by atoms with Crippen molar-refractivity contribution < 1.29 is 13.2 Å². The normalized spacial score (nSPS) is 11.4. The molecular weight excluding hydrogens is 539 g/mol. The molecule has 7 nitrogen and oxygen atoms in total. The minimum absolute atomic E-state index is 0. The van der Waals surface area contributed by atoms with Crippen molar-refractivity contribution in [3.05, 3.63) is 65.7 Å². The highest BCUT2D eigenvalue weighted by atomic mass is 127. The first kappa shape index (κ1) is 27.9. The molecule has 2 rings (SSSR count). The summed E-state index contributed by atoms with van der Waals surface area (Å²) >= 11 is 0. The van der Waals surface area contributed by atoms with Gasteiger partial charge in [0.25, 0.3) is 0 Å². The van der Waals surface area contributed by atoms with Crippen LogP contribution in [-0.2, 0) is 27.6 Å². The molecule has 0 bridgehead atoms. The number of carbonyl (C=O) groups is 1. The highest BCUT2D eigenvalue weighted by Crippen LogP contribution is 2.10. The predicted molar refractivity (Wildman–Crippen MR) is 140 cm³/mol. The Kier molecular flexibility index (Phi) is 12.3. The van der Waals surface area contributed by atoms with Crippen molar-refractivity contribution in [1.82, 2.24) is 15.5 Å². The van der Waals surface area contributed by atoms with Crippen LogP contribution >= 0.6 is 24.0 Å². The van der Waals surface area contributed by atoms with Gasteiger partial charge >= 0.3 is 0 Å². The van der Waals surface area contributed by atoms with E-state index in [1.54, 1.807) is 17.0 Å². The molecule has 0 spiro atoms. The average Bonchev–Trinajstić information content (AvgIpc) is 2.76. The SMILES string of the molecule is CCNC(=NCC(=O)N(CC)Cc1ccccc1)NCCc1ccc(S(C)(=O)=O)cc1.I. The van der Waals surface area contributed by atoms with E-state index in [-0.39, 0.29) is 36.4 Å². The fourth-order valence-corrected chi connectivity index (χ4v) is 3.63. The molecule has 2 N–H and O–H groups in total. The highest BCUT2D eigenvalue weighted by molar-refractivity contribution is 14.0. The number of sulfone groups is 1. The third kappa shape index (κ3) is 9.56. The third-order valence-corrected chi connectivity index (χ3v) is 5.85. The van der Waals surface area contributed by atoms with Crippen molar-refractivity contribution in [3.8, 4) is 0 Å². The summed E-state index contributed by atoms with van der Waals surface area (Å²) in [7, 11) is -3.19. The van der Waals surface area contributed by atoms with Gasteiger partial charge in [0.05, 0.1) is 4.90 Å². The van der Waals surface area contributed by atoms with E-state index < -0.39 is 9.84 Å². The summed E-state index contributed by atoms with van der Waals surface area (Å²) in [6, 6.07) is 16.8. The van der Waals surface area contributed by atoms with Gasteiger partial charge in [0, 0.05) is 32.4 Å². The van der Waals surface area contributed by atoms with Gasteiger partial charge in [0.2, 0.25) is 5.91 Å². The van der Waals surface area contributed by atoms with Crippen molar-refractivity contribution in [1.29, 1.82) is 0 Å². The summed E-state index contributed by atoms with van der Waals surface area (Å²) in [6.07, 6.45) is 1.90. The van der Waals surface area contributed by atoms with Crippen molar-refractivity contribution in [3.63, 3.8) is 0 Å². The van der Waals surface area contributed by atoms with Gasteiger partial charge in [-0.15, -0.1) is 24.0 Å². The maximum absolute atomic E-state index is 12.6. The Balaban J connectivity index is 0.00000512. The third-order valence-electron chi connectivity index (χ3n) is 4.72. The number of guanidine groups is 1. The molecule has 0 aromatic heterocycles. The molecule has 176 valence electrons. The second kappa shape index (κ2) is 14.1. The minimum atomic E-state index is -3.19. The molecule has 0 saturated heterocycles. The molecule has 0 aliphatic carbocycles. The van der Waals surface area contributed by atoms with E-state index in [9.17, 15) is 13.2 Å².